The number of nitrogens with zero attached hydrogens (tertiary/aromatic N) is 1. The Balaban J connectivity index is 1.93. The largest absolute Gasteiger partial charge is 0.321 e. The number of carbonyl (C=O) groups excluding carboxylic acids is 1. The van der Waals surface area contributed by atoms with E-state index in [-0.39, 0.29) is 5.57 Å². The smallest absolute Gasteiger partial charge is 0.266 e. The average Bonchev–Trinajstić information content (AvgIpc) is 2.71. The summed E-state index contributed by atoms with van der Waals surface area (Å²) in [6.45, 7) is 3.91. The number of hydrogen-bond donors (Lipinski definition) is 1. The molecule has 30 heavy (non-hydrogen) atoms. The van der Waals surface area contributed by atoms with E-state index in [2.05, 4.69) is 21.2 Å². The number of anilines is 1. The Bertz CT molecular complexity index is 1180. The van der Waals surface area contributed by atoms with E-state index in [0.29, 0.717) is 17.1 Å². The van der Waals surface area contributed by atoms with E-state index in [1.165, 1.54) is 0 Å². The number of amides is 1. The van der Waals surface area contributed by atoms with Gasteiger partial charge in [-0.05, 0) is 72.9 Å². The molecule has 0 spiro atoms. The minimum absolute atomic E-state index is 0.0191. The minimum Gasteiger partial charge on any atom is -0.321 e. The molecule has 0 aliphatic carbocycles. The Labute approximate surface area is 190 Å². The van der Waals surface area contributed by atoms with Crippen LogP contribution in [0.1, 0.15) is 27.8 Å². The van der Waals surface area contributed by atoms with E-state index in [4.69, 9.17) is 11.6 Å². The molecular formula is C25H20BrClN2O. The monoisotopic (exact) mass is 478 g/mol. The van der Waals surface area contributed by atoms with Gasteiger partial charge in [-0.1, -0.05) is 69.5 Å². The van der Waals surface area contributed by atoms with Crippen LogP contribution in [0.5, 0.6) is 0 Å². The zero-order chi connectivity index (χ0) is 21.7. The number of nitrogens with one attached hydrogen (secondary N) is 1. The maximum atomic E-state index is 12.8. The van der Waals surface area contributed by atoms with E-state index < -0.39 is 5.91 Å². The van der Waals surface area contributed by atoms with E-state index in [1.54, 1.807) is 12.1 Å². The quantitative estimate of drug-likeness (QED) is 0.321. The molecule has 1 amide bonds. The van der Waals surface area contributed by atoms with Crippen LogP contribution in [0.15, 0.2) is 70.7 Å². The van der Waals surface area contributed by atoms with Gasteiger partial charge in [-0.15, -0.1) is 0 Å². The molecule has 0 unspecified atom stereocenters. The highest BCUT2D eigenvalue weighted by Crippen LogP contribution is 2.25. The van der Waals surface area contributed by atoms with Gasteiger partial charge in [0.25, 0.3) is 5.91 Å². The van der Waals surface area contributed by atoms with Crippen molar-refractivity contribution in [2.24, 2.45) is 0 Å². The summed E-state index contributed by atoms with van der Waals surface area (Å²) in [7, 11) is 0. The van der Waals surface area contributed by atoms with Gasteiger partial charge in [0.15, 0.2) is 0 Å². The topological polar surface area (TPSA) is 52.9 Å². The second-order valence-corrected chi connectivity index (χ2v) is 8.34. The van der Waals surface area contributed by atoms with Crippen molar-refractivity contribution in [2.75, 3.05) is 5.32 Å². The first kappa shape index (κ1) is 21.8. The van der Waals surface area contributed by atoms with Gasteiger partial charge >= 0.3 is 0 Å². The molecule has 1 N–H and O–H groups in total. The van der Waals surface area contributed by atoms with Gasteiger partial charge in [0.05, 0.1) is 0 Å². The van der Waals surface area contributed by atoms with Crippen LogP contribution in [0.25, 0.3) is 6.08 Å². The predicted octanol–water partition coefficient (Wildman–Crippen LogP) is 6.86. The highest BCUT2D eigenvalue weighted by molar-refractivity contribution is 9.10. The fourth-order valence-electron chi connectivity index (χ4n) is 3.16. The summed E-state index contributed by atoms with van der Waals surface area (Å²) in [5, 5.41) is 13.0. The molecule has 5 heteroatoms. The second-order valence-electron chi connectivity index (χ2n) is 7.05. The lowest BCUT2D eigenvalue weighted by atomic mass is 9.98. The van der Waals surface area contributed by atoms with Gasteiger partial charge in [-0.25, -0.2) is 0 Å². The summed E-state index contributed by atoms with van der Waals surface area (Å²) in [4.78, 5) is 12.8. The summed E-state index contributed by atoms with van der Waals surface area (Å²) in [6, 6.07) is 21.2. The van der Waals surface area contributed by atoms with Gasteiger partial charge in [0.2, 0.25) is 0 Å². The molecule has 0 saturated heterocycles. The zero-order valence-corrected chi connectivity index (χ0v) is 19.0. The highest BCUT2D eigenvalue weighted by Gasteiger charge is 2.13. The van der Waals surface area contributed by atoms with Crippen molar-refractivity contribution in [1.29, 1.82) is 5.26 Å². The van der Waals surface area contributed by atoms with Crippen LogP contribution in [0, 0.1) is 25.2 Å². The molecule has 3 rings (SSSR count). The Morgan fingerprint density at radius 3 is 2.57 bits per heavy atom. The third-order valence-electron chi connectivity index (χ3n) is 4.74. The Kier molecular flexibility index (Phi) is 7.10. The molecule has 0 aliphatic heterocycles. The van der Waals surface area contributed by atoms with Crippen molar-refractivity contribution in [1.82, 2.24) is 0 Å². The van der Waals surface area contributed by atoms with Gasteiger partial charge in [0.1, 0.15) is 11.6 Å². The van der Waals surface area contributed by atoms with E-state index in [1.807, 2.05) is 74.5 Å². The fraction of sp³-hybridized carbons (Fsp3) is 0.120. The highest BCUT2D eigenvalue weighted by atomic mass is 79.9. The van der Waals surface area contributed by atoms with Crippen molar-refractivity contribution in [3.8, 4) is 6.07 Å². The summed E-state index contributed by atoms with van der Waals surface area (Å²) >= 11 is 9.77. The SMILES string of the molecule is Cc1ccc(NC(=O)/C(C#N)=C/c2cc(Cl)ccc2Cc2ccccc2Br)c(C)c1. The molecule has 0 saturated carbocycles. The molecule has 150 valence electrons. The summed E-state index contributed by atoms with van der Waals surface area (Å²) in [6.07, 6.45) is 2.23. The molecular weight excluding hydrogens is 460 g/mol. The molecule has 0 aromatic heterocycles. The first-order chi connectivity index (χ1) is 14.4. The van der Waals surface area contributed by atoms with E-state index in [0.717, 1.165) is 32.3 Å². The number of aryl methyl sites for hydroxylation is 2. The summed E-state index contributed by atoms with van der Waals surface area (Å²) in [5.74, 6) is -0.448. The molecule has 3 aromatic rings. The number of benzene rings is 3. The molecule has 0 fully saturated rings. The average molecular weight is 480 g/mol. The van der Waals surface area contributed by atoms with Crippen LogP contribution < -0.4 is 5.32 Å². The van der Waals surface area contributed by atoms with Crippen molar-refractivity contribution >= 4 is 45.2 Å². The number of hydrogen-bond acceptors (Lipinski definition) is 2. The van der Waals surface area contributed by atoms with Crippen molar-refractivity contribution in [2.45, 2.75) is 20.3 Å². The predicted molar refractivity (Wildman–Crippen MR) is 127 cm³/mol. The van der Waals surface area contributed by atoms with Crippen LogP contribution in [-0.2, 0) is 11.2 Å². The van der Waals surface area contributed by atoms with Crippen LogP contribution in [0.2, 0.25) is 5.02 Å². The van der Waals surface area contributed by atoms with E-state index >= 15 is 0 Å². The maximum Gasteiger partial charge on any atom is 0.266 e. The zero-order valence-electron chi connectivity index (χ0n) is 16.7. The number of halogens is 2. The second kappa shape index (κ2) is 9.75. The molecule has 0 bridgehead atoms. The number of carbonyl (C=O) groups is 1. The van der Waals surface area contributed by atoms with E-state index in [9.17, 15) is 10.1 Å². The fourth-order valence-corrected chi connectivity index (χ4v) is 3.76. The van der Waals surface area contributed by atoms with Crippen LogP contribution in [-0.4, -0.2) is 5.91 Å². The maximum absolute atomic E-state index is 12.8. The standard InChI is InChI=1S/C25H20BrClN2O/c1-16-7-10-24(17(2)11-16)29-25(30)21(15-28)13-20-14-22(27)9-8-18(20)12-19-5-3-4-6-23(19)26/h3-11,13-14H,12H2,1-2H3,(H,29,30)/b21-13+. The molecule has 3 aromatic carbocycles. The molecule has 0 heterocycles. The molecule has 3 nitrogen and oxygen atoms in total. The van der Waals surface area contributed by atoms with Crippen LogP contribution >= 0.6 is 27.5 Å². The van der Waals surface area contributed by atoms with Gasteiger partial charge < -0.3 is 5.32 Å². The first-order valence-corrected chi connectivity index (χ1v) is 10.6. The Hall–Kier alpha value is -2.87. The van der Waals surface area contributed by atoms with Gasteiger partial charge in [0, 0.05) is 15.2 Å². The van der Waals surface area contributed by atoms with Crippen molar-refractivity contribution in [3.63, 3.8) is 0 Å². The normalized spacial score (nSPS) is 11.1. The molecule has 0 atom stereocenters. The lowest BCUT2D eigenvalue weighted by Crippen LogP contribution is -2.14. The third-order valence-corrected chi connectivity index (χ3v) is 5.75. The number of nitriles is 1. The van der Waals surface area contributed by atoms with Crippen molar-refractivity contribution in [3.05, 3.63) is 104 Å². The number of rotatable bonds is 5. The molecule has 0 radical (unpaired) electrons. The Morgan fingerprint density at radius 2 is 1.87 bits per heavy atom. The lowest BCUT2D eigenvalue weighted by molar-refractivity contribution is -0.112. The Morgan fingerprint density at radius 1 is 1.10 bits per heavy atom. The lowest BCUT2D eigenvalue weighted by Gasteiger charge is -2.11. The first-order valence-electron chi connectivity index (χ1n) is 9.39. The molecule has 0 aliphatic rings. The summed E-state index contributed by atoms with van der Waals surface area (Å²) in [5.41, 5.74) is 5.57. The van der Waals surface area contributed by atoms with Gasteiger partial charge in [-0.3, -0.25) is 4.79 Å². The van der Waals surface area contributed by atoms with Crippen molar-refractivity contribution < 1.29 is 4.79 Å². The van der Waals surface area contributed by atoms with Crippen LogP contribution in [0.4, 0.5) is 5.69 Å². The van der Waals surface area contributed by atoms with Gasteiger partial charge in [-0.2, -0.15) is 5.26 Å². The van der Waals surface area contributed by atoms with Crippen LogP contribution in [0.3, 0.4) is 0 Å². The third kappa shape index (κ3) is 5.38. The summed E-state index contributed by atoms with van der Waals surface area (Å²) < 4.78 is 1.00. The minimum atomic E-state index is -0.448.